The van der Waals surface area contributed by atoms with Crippen molar-refractivity contribution in [3.8, 4) is 11.1 Å². The lowest BCUT2D eigenvalue weighted by molar-refractivity contribution is 0.602. The fraction of sp³-hybridized carbons (Fsp3) is 0.235. The van der Waals surface area contributed by atoms with Crippen molar-refractivity contribution in [2.24, 2.45) is 0 Å². The first-order chi connectivity index (χ1) is 11.8. The van der Waals surface area contributed by atoms with E-state index in [0.29, 0.717) is 28.5 Å². The summed E-state index contributed by atoms with van der Waals surface area (Å²) in [6.45, 7) is 2.37. The van der Waals surface area contributed by atoms with Gasteiger partial charge >= 0.3 is 0 Å². The van der Waals surface area contributed by atoms with Crippen LogP contribution in [0.25, 0.3) is 22.2 Å². The van der Waals surface area contributed by atoms with Gasteiger partial charge in [0, 0.05) is 29.9 Å². The van der Waals surface area contributed by atoms with E-state index in [1.54, 1.807) is 29.0 Å². The Kier molecular flexibility index (Phi) is 4.66. The lowest BCUT2D eigenvalue weighted by Gasteiger charge is -2.11. The highest BCUT2D eigenvalue weighted by molar-refractivity contribution is 7.98. The first-order valence-corrected chi connectivity index (χ1v) is 10.7. The van der Waals surface area contributed by atoms with Gasteiger partial charge < -0.3 is 0 Å². The molecule has 130 valence electrons. The van der Waals surface area contributed by atoms with Crippen molar-refractivity contribution in [2.75, 3.05) is 12.5 Å². The molecule has 3 rings (SSSR count). The van der Waals surface area contributed by atoms with Crippen LogP contribution in [0.5, 0.6) is 0 Å². The maximum Gasteiger partial charge on any atom is 0.260 e. The first kappa shape index (κ1) is 17.6. The molecule has 0 fully saturated rings. The Morgan fingerprint density at radius 2 is 1.88 bits per heavy atom. The smallest absolute Gasteiger partial charge is 0.260 e. The van der Waals surface area contributed by atoms with E-state index >= 15 is 0 Å². The Labute approximate surface area is 149 Å². The van der Waals surface area contributed by atoms with Gasteiger partial charge in [-0.05, 0) is 36.9 Å². The van der Waals surface area contributed by atoms with E-state index < -0.39 is 9.84 Å². The second-order valence-electron chi connectivity index (χ2n) is 5.54. The summed E-state index contributed by atoms with van der Waals surface area (Å²) in [6, 6.07) is 8.07. The quantitative estimate of drug-likeness (QED) is 0.515. The van der Waals surface area contributed by atoms with E-state index in [4.69, 9.17) is 0 Å². The molecule has 6 nitrogen and oxygen atoms in total. The number of pyridine rings is 1. The summed E-state index contributed by atoms with van der Waals surface area (Å²) in [5.74, 6) is 0. The third-order valence-electron chi connectivity index (χ3n) is 3.90. The number of aryl methyl sites for hydroxylation is 1. The Morgan fingerprint density at radius 3 is 2.44 bits per heavy atom. The number of rotatable bonds is 4. The summed E-state index contributed by atoms with van der Waals surface area (Å²) in [4.78, 5) is 21.8. The van der Waals surface area contributed by atoms with Crippen molar-refractivity contribution >= 4 is 32.6 Å². The molecule has 0 atom stereocenters. The van der Waals surface area contributed by atoms with Gasteiger partial charge in [-0.3, -0.25) is 9.36 Å². The van der Waals surface area contributed by atoms with Gasteiger partial charge in [0.1, 0.15) is 5.65 Å². The zero-order valence-electron chi connectivity index (χ0n) is 14.1. The standard InChI is InChI=1S/C17H17N3O3S2/c1-4-20-15-12(10-18-17(19-15)24-2)9-14(16(20)21)11-5-7-13(8-6-11)25(3,22)23/h5-10H,4H2,1-3H3. The molecule has 0 aliphatic rings. The summed E-state index contributed by atoms with van der Waals surface area (Å²) in [7, 11) is -3.27. The fourth-order valence-corrected chi connectivity index (χ4v) is 3.59. The Bertz CT molecular complexity index is 1100. The van der Waals surface area contributed by atoms with Gasteiger partial charge in [-0.15, -0.1) is 0 Å². The zero-order valence-corrected chi connectivity index (χ0v) is 15.7. The molecule has 0 unspecified atom stereocenters. The van der Waals surface area contributed by atoms with Crippen LogP contribution in [0, 0.1) is 0 Å². The minimum Gasteiger partial charge on any atom is -0.292 e. The first-order valence-electron chi connectivity index (χ1n) is 7.60. The molecule has 0 aliphatic carbocycles. The highest BCUT2D eigenvalue weighted by Gasteiger charge is 2.13. The number of thioether (sulfide) groups is 1. The number of hydrogen-bond acceptors (Lipinski definition) is 6. The second kappa shape index (κ2) is 6.61. The van der Waals surface area contributed by atoms with Crippen LogP contribution in [-0.4, -0.2) is 35.5 Å². The van der Waals surface area contributed by atoms with Crippen LogP contribution < -0.4 is 5.56 Å². The predicted octanol–water partition coefficient (Wildman–Crippen LogP) is 2.60. The van der Waals surface area contributed by atoms with Gasteiger partial charge in [0.15, 0.2) is 15.0 Å². The predicted molar refractivity (Wildman–Crippen MR) is 99.8 cm³/mol. The van der Waals surface area contributed by atoms with E-state index in [0.717, 1.165) is 11.6 Å². The van der Waals surface area contributed by atoms with Crippen LogP contribution in [0.15, 0.2) is 51.4 Å². The van der Waals surface area contributed by atoms with Crippen molar-refractivity contribution in [3.05, 3.63) is 46.9 Å². The maximum atomic E-state index is 12.9. The minimum atomic E-state index is -3.27. The molecule has 1 aromatic carbocycles. The van der Waals surface area contributed by atoms with Crippen molar-refractivity contribution in [1.29, 1.82) is 0 Å². The molecule has 25 heavy (non-hydrogen) atoms. The SMILES string of the molecule is CCn1c(=O)c(-c2ccc(S(C)(=O)=O)cc2)cc2cnc(SC)nc21. The molecular weight excluding hydrogens is 358 g/mol. The molecular formula is C17H17N3O3S2. The van der Waals surface area contributed by atoms with Crippen molar-refractivity contribution in [3.63, 3.8) is 0 Å². The molecule has 0 spiro atoms. The fourth-order valence-electron chi connectivity index (χ4n) is 2.62. The third-order valence-corrected chi connectivity index (χ3v) is 5.59. The number of aromatic nitrogens is 3. The lowest BCUT2D eigenvalue weighted by atomic mass is 10.1. The van der Waals surface area contributed by atoms with Gasteiger partial charge in [0.2, 0.25) is 0 Å². The molecule has 8 heteroatoms. The molecule has 0 bridgehead atoms. The Morgan fingerprint density at radius 1 is 1.20 bits per heavy atom. The summed E-state index contributed by atoms with van der Waals surface area (Å²) in [6.07, 6.45) is 4.74. The van der Waals surface area contributed by atoms with Gasteiger partial charge in [-0.2, -0.15) is 0 Å². The Balaban J connectivity index is 2.23. The van der Waals surface area contributed by atoms with Crippen molar-refractivity contribution in [1.82, 2.24) is 14.5 Å². The summed E-state index contributed by atoms with van der Waals surface area (Å²) in [5.41, 5.74) is 1.60. The molecule has 2 aromatic heterocycles. The molecule has 0 amide bonds. The Hall–Kier alpha value is -2.19. The monoisotopic (exact) mass is 375 g/mol. The van der Waals surface area contributed by atoms with E-state index in [9.17, 15) is 13.2 Å². The van der Waals surface area contributed by atoms with Crippen LogP contribution in [0.2, 0.25) is 0 Å². The molecule has 0 saturated heterocycles. The molecule has 0 saturated carbocycles. The van der Waals surface area contributed by atoms with Crippen LogP contribution >= 0.6 is 11.8 Å². The topological polar surface area (TPSA) is 81.9 Å². The van der Waals surface area contributed by atoms with Gasteiger partial charge in [-0.1, -0.05) is 23.9 Å². The highest BCUT2D eigenvalue weighted by Crippen LogP contribution is 2.23. The average Bonchev–Trinajstić information content (AvgIpc) is 2.60. The highest BCUT2D eigenvalue weighted by atomic mass is 32.2. The average molecular weight is 375 g/mol. The van der Waals surface area contributed by atoms with Crippen molar-refractivity contribution in [2.45, 2.75) is 23.5 Å². The molecule has 3 aromatic rings. The van der Waals surface area contributed by atoms with E-state index in [2.05, 4.69) is 9.97 Å². The number of hydrogen-bond donors (Lipinski definition) is 0. The summed E-state index contributed by atoms with van der Waals surface area (Å²) >= 11 is 1.42. The van der Waals surface area contributed by atoms with Gasteiger partial charge in [0.05, 0.1) is 4.90 Å². The molecule has 0 N–H and O–H groups in total. The normalized spacial score (nSPS) is 11.8. The van der Waals surface area contributed by atoms with Gasteiger partial charge in [0.25, 0.3) is 5.56 Å². The lowest BCUT2D eigenvalue weighted by Crippen LogP contribution is -2.22. The van der Waals surface area contributed by atoms with E-state index in [1.807, 2.05) is 13.2 Å². The second-order valence-corrected chi connectivity index (χ2v) is 8.33. The number of sulfone groups is 1. The largest absolute Gasteiger partial charge is 0.292 e. The van der Waals surface area contributed by atoms with E-state index in [-0.39, 0.29) is 10.5 Å². The molecule has 0 aliphatic heterocycles. The van der Waals surface area contributed by atoms with Crippen LogP contribution in [0.1, 0.15) is 6.92 Å². The summed E-state index contributed by atoms with van der Waals surface area (Å²) in [5, 5.41) is 1.38. The van der Waals surface area contributed by atoms with Crippen LogP contribution in [0.4, 0.5) is 0 Å². The zero-order chi connectivity index (χ0) is 18.2. The van der Waals surface area contributed by atoms with Crippen LogP contribution in [-0.2, 0) is 16.4 Å². The molecule has 2 heterocycles. The summed E-state index contributed by atoms with van der Waals surface area (Å²) < 4.78 is 24.8. The third kappa shape index (κ3) is 3.32. The van der Waals surface area contributed by atoms with Crippen molar-refractivity contribution < 1.29 is 8.42 Å². The molecule has 0 radical (unpaired) electrons. The van der Waals surface area contributed by atoms with Crippen LogP contribution in [0.3, 0.4) is 0 Å². The van der Waals surface area contributed by atoms with E-state index in [1.165, 1.54) is 23.9 Å². The number of fused-ring (bicyclic) bond motifs is 1. The maximum absolute atomic E-state index is 12.9. The van der Waals surface area contributed by atoms with Gasteiger partial charge in [-0.25, -0.2) is 18.4 Å². The number of nitrogens with zero attached hydrogens (tertiary/aromatic N) is 3. The minimum absolute atomic E-state index is 0.159. The number of benzene rings is 1.